The largest absolute Gasteiger partial charge is 0.479 e. The molecule has 0 aromatic heterocycles. The summed E-state index contributed by atoms with van der Waals surface area (Å²) >= 11 is 0. The number of halogens is 3. The molecule has 0 fully saturated rings. The summed E-state index contributed by atoms with van der Waals surface area (Å²) < 4.78 is 36.2. The Hall–Kier alpha value is -2.05. The highest BCUT2D eigenvalue weighted by atomic mass is 19.4. The zero-order valence-electron chi connectivity index (χ0n) is 9.99. The van der Waals surface area contributed by atoms with Gasteiger partial charge in [-0.2, -0.15) is 13.2 Å². The van der Waals surface area contributed by atoms with Gasteiger partial charge in [0.05, 0.1) is 0 Å². The molecule has 0 heterocycles. The Morgan fingerprint density at radius 1 is 1.21 bits per heavy atom. The molecule has 19 heavy (non-hydrogen) atoms. The van der Waals surface area contributed by atoms with Crippen LogP contribution in [-0.2, 0) is 15.1 Å². The van der Waals surface area contributed by atoms with Crippen LogP contribution in [-0.4, -0.2) is 23.2 Å². The summed E-state index contributed by atoms with van der Waals surface area (Å²) in [6, 6.07) is 7.53. The molecule has 2 N–H and O–H groups in total. The van der Waals surface area contributed by atoms with Crippen LogP contribution in [0.5, 0.6) is 0 Å². The zero-order chi connectivity index (χ0) is 14.7. The van der Waals surface area contributed by atoms with E-state index < -0.39 is 30.0 Å². The molecule has 0 saturated heterocycles. The Kier molecular flexibility index (Phi) is 4.18. The van der Waals surface area contributed by atoms with Gasteiger partial charge in [0.15, 0.2) is 5.54 Å². The first kappa shape index (κ1) is 15.0. The van der Waals surface area contributed by atoms with Crippen molar-refractivity contribution in [1.29, 1.82) is 0 Å². The molecule has 0 bridgehead atoms. The van der Waals surface area contributed by atoms with E-state index in [9.17, 15) is 22.8 Å². The number of nitrogens with one attached hydrogen (secondary N) is 1. The van der Waals surface area contributed by atoms with Gasteiger partial charge in [0.25, 0.3) is 0 Å². The lowest BCUT2D eigenvalue weighted by atomic mass is 9.92. The van der Waals surface area contributed by atoms with Crippen molar-refractivity contribution in [3.05, 3.63) is 35.9 Å². The first-order valence-corrected chi connectivity index (χ1v) is 5.32. The van der Waals surface area contributed by atoms with Crippen LogP contribution >= 0.6 is 0 Å². The number of carbonyl (C=O) groups is 2. The quantitative estimate of drug-likeness (QED) is 0.883. The monoisotopic (exact) mass is 275 g/mol. The van der Waals surface area contributed by atoms with Gasteiger partial charge in [0, 0.05) is 0 Å². The standard InChI is InChI=1S/C12H12F3NO3/c1-11(10(18)19,8-5-3-2-4-6-8)16-9(17)7-12(13,14)15/h2-6H,7H2,1H3,(H,16,17)(H,18,19). The second kappa shape index (κ2) is 5.29. The summed E-state index contributed by atoms with van der Waals surface area (Å²) in [4.78, 5) is 22.5. The number of carboxylic acid groups (broad SMARTS) is 1. The average Bonchev–Trinajstić information content (AvgIpc) is 2.27. The lowest BCUT2D eigenvalue weighted by molar-refractivity contribution is -0.159. The molecule has 1 aromatic carbocycles. The Labute approximate surface area is 107 Å². The number of rotatable bonds is 4. The normalized spacial score (nSPS) is 14.5. The molecule has 1 amide bonds. The van der Waals surface area contributed by atoms with Crippen LogP contribution < -0.4 is 5.32 Å². The molecular weight excluding hydrogens is 263 g/mol. The van der Waals surface area contributed by atoms with Gasteiger partial charge in [-0.05, 0) is 12.5 Å². The maximum absolute atomic E-state index is 12.1. The van der Waals surface area contributed by atoms with Gasteiger partial charge >= 0.3 is 12.1 Å². The summed E-state index contributed by atoms with van der Waals surface area (Å²) in [5.74, 6) is -2.82. The van der Waals surface area contributed by atoms with E-state index in [-0.39, 0.29) is 5.56 Å². The fourth-order valence-corrected chi connectivity index (χ4v) is 1.53. The summed E-state index contributed by atoms with van der Waals surface area (Å²) in [5.41, 5.74) is -1.71. The zero-order valence-corrected chi connectivity index (χ0v) is 9.99. The van der Waals surface area contributed by atoms with Gasteiger partial charge < -0.3 is 10.4 Å². The Bertz CT molecular complexity index is 473. The minimum Gasteiger partial charge on any atom is -0.479 e. The highest BCUT2D eigenvalue weighted by molar-refractivity contribution is 5.88. The molecular formula is C12H12F3NO3. The second-order valence-electron chi connectivity index (χ2n) is 4.14. The Balaban J connectivity index is 2.97. The van der Waals surface area contributed by atoms with Crippen molar-refractivity contribution in [2.75, 3.05) is 0 Å². The van der Waals surface area contributed by atoms with Crippen LogP contribution in [0.15, 0.2) is 30.3 Å². The molecule has 0 aliphatic carbocycles. The summed E-state index contributed by atoms with van der Waals surface area (Å²) in [6.45, 7) is 1.14. The maximum Gasteiger partial charge on any atom is 0.397 e. The molecule has 1 unspecified atom stereocenters. The molecule has 0 spiro atoms. The van der Waals surface area contributed by atoms with E-state index in [0.29, 0.717) is 0 Å². The van der Waals surface area contributed by atoms with Crippen LogP contribution in [0.25, 0.3) is 0 Å². The van der Waals surface area contributed by atoms with Crippen molar-refractivity contribution in [2.45, 2.75) is 25.1 Å². The summed E-state index contributed by atoms with van der Waals surface area (Å²) in [6.07, 6.45) is -6.40. The second-order valence-corrected chi connectivity index (χ2v) is 4.14. The molecule has 1 rings (SSSR count). The first-order chi connectivity index (χ1) is 8.65. The molecule has 1 aromatic rings. The van der Waals surface area contributed by atoms with Crippen LogP contribution in [0, 0.1) is 0 Å². The maximum atomic E-state index is 12.1. The predicted molar refractivity (Wildman–Crippen MR) is 60.2 cm³/mol. The molecule has 104 valence electrons. The number of hydrogen-bond acceptors (Lipinski definition) is 2. The molecule has 0 saturated carbocycles. The van der Waals surface area contributed by atoms with Gasteiger partial charge in [-0.1, -0.05) is 30.3 Å². The third-order valence-corrected chi connectivity index (χ3v) is 2.53. The summed E-state index contributed by atoms with van der Waals surface area (Å²) in [5, 5.41) is 11.0. The van der Waals surface area contributed by atoms with Crippen molar-refractivity contribution in [2.24, 2.45) is 0 Å². The Morgan fingerprint density at radius 2 is 1.74 bits per heavy atom. The van der Waals surface area contributed by atoms with E-state index >= 15 is 0 Å². The van der Waals surface area contributed by atoms with E-state index in [0.717, 1.165) is 6.92 Å². The highest BCUT2D eigenvalue weighted by Gasteiger charge is 2.40. The third-order valence-electron chi connectivity index (χ3n) is 2.53. The molecule has 1 atom stereocenters. The fourth-order valence-electron chi connectivity index (χ4n) is 1.53. The molecule has 4 nitrogen and oxygen atoms in total. The number of carboxylic acids is 1. The first-order valence-electron chi connectivity index (χ1n) is 5.32. The molecule has 0 aliphatic heterocycles. The van der Waals surface area contributed by atoms with Crippen molar-refractivity contribution in [3.63, 3.8) is 0 Å². The lowest BCUT2D eigenvalue weighted by Crippen LogP contribution is -2.50. The van der Waals surface area contributed by atoms with Gasteiger partial charge in [-0.25, -0.2) is 4.79 Å². The van der Waals surface area contributed by atoms with Crippen molar-refractivity contribution in [3.8, 4) is 0 Å². The number of benzene rings is 1. The summed E-state index contributed by atoms with van der Waals surface area (Å²) in [7, 11) is 0. The van der Waals surface area contributed by atoms with Crippen molar-refractivity contribution < 1.29 is 27.9 Å². The minimum atomic E-state index is -4.68. The van der Waals surface area contributed by atoms with Crippen LogP contribution in [0.2, 0.25) is 0 Å². The fraction of sp³-hybridized carbons (Fsp3) is 0.333. The molecule has 7 heteroatoms. The smallest absolute Gasteiger partial charge is 0.397 e. The number of amides is 1. The molecule has 0 aliphatic rings. The van der Waals surface area contributed by atoms with Gasteiger partial charge in [0.2, 0.25) is 5.91 Å². The topological polar surface area (TPSA) is 66.4 Å². The van der Waals surface area contributed by atoms with E-state index in [2.05, 4.69) is 0 Å². The Morgan fingerprint density at radius 3 is 2.16 bits per heavy atom. The van der Waals surface area contributed by atoms with E-state index in [1.165, 1.54) is 24.3 Å². The van der Waals surface area contributed by atoms with E-state index in [4.69, 9.17) is 5.11 Å². The lowest BCUT2D eigenvalue weighted by Gasteiger charge is -2.27. The van der Waals surface area contributed by atoms with Crippen molar-refractivity contribution >= 4 is 11.9 Å². The van der Waals surface area contributed by atoms with E-state index in [1.54, 1.807) is 6.07 Å². The number of carbonyl (C=O) groups excluding carboxylic acids is 1. The van der Waals surface area contributed by atoms with Gasteiger partial charge in [-0.15, -0.1) is 0 Å². The van der Waals surface area contributed by atoms with E-state index in [1.807, 2.05) is 5.32 Å². The molecule has 0 radical (unpaired) electrons. The van der Waals surface area contributed by atoms with Crippen LogP contribution in [0.3, 0.4) is 0 Å². The third kappa shape index (κ3) is 3.97. The number of alkyl halides is 3. The number of hydrogen-bond donors (Lipinski definition) is 2. The van der Waals surface area contributed by atoms with Gasteiger partial charge in [-0.3, -0.25) is 4.79 Å². The highest BCUT2D eigenvalue weighted by Crippen LogP contribution is 2.24. The van der Waals surface area contributed by atoms with Gasteiger partial charge in [0.1, 0.15) is 6.42 Å². The van der Waals surface area contributed by atoms with Crippen LogP contribution in [0.1, 0.15) is 18.9 Å². The SMILES string of the molecule is CC(NC(=O)CC(F)(F)F)(C(=O)O)c1ccccc1. The predicted octanol–water partition coefficient (Wildman–Crippen LogP) is 2.06. The van der Waals surface area contributed by atoms with Crippen LogP contribution in [0.4, 0.5) is 13.2 Å². The number of aliphatic carboxylic acids is 1. The minimum absolute atomic E-state index is 0.193. The van der Waals surface area contributed by atoms with Crippen molar-refractivity contribution in [1.82, 2.24) is 5.32 Å². The average molecular weight is 275 g/mol.